The Kier molecular flexibility index (Phi) is 5.43. The molecule has 2 aromatic carbocycles. The van der Waals surface area contributed by atoms with Gasteiger partial charge in [-0.1, -0.05) is 24.3 Å². The zero-order valence-electron chi connectivity index (χ0n) is 18.2. The molecule has 7 heteroatoms. The number of carbonyl (C=O) groups is 2. The third-order valence-corrected chi connectivity index (χ3v) is 5.58. The van der Waals surface area contributed by atoms with Crippen LogP contribution in [0.3, 0.4) is 0 Å². The van der Waals surface area contributed by atoms with Crippen LogP contribution >= 0.6 is 0 Å². The number of amides is 2. The highest BCUT2D eigenvalue weighted by Crippen LogP contribution is 2.29. The molecule has 0 atom stereocenters. The lowest BCUT2D eigenvalue weighted by Gasteiger charge is -2.33. The summed E-state index contributed by atoms with van der Waals surface area (Å²) in [5, 5.41) is 5.43. The van der Waals surface area contributed by atoms with Crippen LogP contribution in [-0.2, 0) is 4.74 Å². The molecule has 1 aromatic heterocycles. The van der Waals surface area contributed by atoms with E-state index in [1.165, 1.54) is 5.56 Å². The van der Waals surface area contributed by atoms with Gasteiger partial charge in [-0.15, -0.1) is 0 Å². The van der Waals surface area contributed by atoms with Crippen molar-refractivity contribution in [1.29, 1.82) is 0 Å². The Morgan fingerprint density at radius 1 is 1.06 bits per heavy atom. The Labute approximate surface area is 181 Å². The van der Waals surface area contributed by atoms with Gasteiger partial charge in [0.2, 0.25) is 0 Å². The largest absolute Gasteiger partial charge is 0.444 e. The fourth-order valence-electron chi connectivity index (χ4n) is 4.00. The Bertz CT molecular complexity index is 1100. The van der Waals surface area contributed by atoms with E-state index in [1.54, 1.807) is 21.7 Å². The van der Waals surface area contributed by atoms with Gasteiger partial charge < -0.3 is 15.4 Å². The summed E-state index contributed by atoms with van der Waals surface area (Å²) in [6, 6.07) is 13.7. The van der Waals surface area contributed by atoms with Crippen LogP contribution in [0.25, 0.3) is 16.6 Å². The molecular formula is C24H28N4O3. The Hall–Kier alpha value is -3.35. The first kappa shape index (κ1) is 20.9. The fraction of sp³-hybridized carbons (Fsp3) is 0.375. The second kappa shape index (κ2) is 8.06. The van der Waals surface area contributed by atoms with Gasteiger partial charge in [0, 0.05) is 24.7 Å². The number of piperidine rings is 1. The van der Waals surface area contributed by atoms with Crippen LogP contribution in [-0.4, -0.2) is 45.4 Å². The maximum absolute atomic E-state index is 12.3. The first-order chi connectivity index (χ1) is 14.7. The maximum atomic E-state index is 12.3. The molecule has 1 fully saturated rings. The molecule has 2 amide bonds. The minimum Gasteiger partial charge on any atom is -0.444 e. The summed E-state index contributed by atoms with van der Waals surface area (Å²) in [6.07, 6.45) is 3.48. The number of ether oxygens (including phenoxy) is 1. The van der Waals surface area contributed by atoms with Crippen molar-refractivity contribution < 1.29 is 14.3 Å². The minimum absolute atomic E-state index is 0.234. The first-order valence-electron chi connectivity index (χ1n) is 10.6. The third kappa shape index (κ3) is 4.55. The summed E-state index contributed by atoms with van der Waals surface area (Å²) in [6.45, 7) is 7.05. The summed E-state index contributed by atoms with van der Waals surface area (Å²) in [5.41, 5.74) is 8.19. The third-order valence-electron chi connectivity index (χ3n) is 5.58. The van der Waals surface area contributed by atoms with Crippen molar-refractivity contribution in [1.82, 2.24) is 14.7 Å². The van der Waals surface area contributed by atoms with Gasteiger partial charge in [0.15, 0.2) is 0 Å². The second-order valence-corrected chi connectivity index (χ2v) is 9.01. The second-order valence-electron chi connectivity index (χ2n) is 9.01. The monoisotopic (exact) mass is 420 g/mol. The van der Waals surface area contributed by atoms with E-state index in [4.69, 9.17) is 10.5 Å². The summed E-state index contributed by atoms with van der Waals surface area (Å²) in [5.74, 6) is -0.0742. The Morgan fingerprint density at radius 3 is 2.35 bits per heavy atom. The van der Waals surface area contributed by atoms with E-state index in [-0.39, 0.29) is 6.09 Å². The van der Waals surface area contributed by atoms with Crippen LogP contribution in [0.5, 0.6) is 0 Å². The molecule has 162 valence electrons. The Morgan fingerprint density at radius 2 is 1.74 bits per heavy atom. The van der Waals surface area contributed by atoms with Crippen molar-refractivity contribution in [3.8, 4) is 5.69 Å². The molecule has 0 radical (unpaired) electrons. The number of hydrogen-bond acceptors (Lipinski definition) is 4. The predicted molar refractivity (Wildman–Crippen MR) is 119 cm³/mol. The van der Waals surface area contributed by atoms with Gasteiger partial charge in [0.1, 0.15) is 11.1 Å². The van der Waals surface area contributed by atoms with Crippen molar-refractivity contribution >= 4 is 22.9 Å². The molecule has 4 rings (SSSR count). The van der Waals surface area contributed by atoms with Crippen LogP contribution in [0.1, 0.15) is 55.5 Å². The van der Waals surface area contributed by atoms with E-state index >= 15 is 0 Å². The number of likely N-dealkylation sites (tertiary alicyclic amines) is 1. The lowest BCUT2D eigenvalue weighted by Crippen LogP contribution is -2.41. The molecule has 0 spiro atoms. The number of hydrogen-bond donors (Lipinski definition) is 1. The number of nitrogens with two attached hydrogens (primary N) is 1. The number of primary amides is 1. The molecule has 0 saturated carbocycles. The van der Waals surface area contributed by atoms with E-state index in [0.29, 0.717) is 30.1 Å². The van der Waals surface area contributed by atoms with Crippen LogP contribution < -0.4 is 5.73 Å². The van der Waals surface area contributed by atoms with E-state index in [9.17, 15) is 9.59 Å². The molecule has 0 bridgehead atoms. The number of rotatable bonds is 3. The van der Waals surface area contributed by atoms with E-state index in [1.807, 2.05) is 45.2 Å². The molecule has 3 aromatic rings. The van der Waals surface area contributed by atoms with Crippen molar-refractivity contribution in [3.05, 3.63) is 59.8 Å². The number of fused-ring (bicyclic) bond motifs is 1. The number of nitrogens with zero attached hydrogens (tertiary/aromatic N) is 3. The molecule has 7 nitrogen and oxygen atoms in total. The van der Waals surface area contributed by atoms with Gasteiger partial charge in [0.25, 0.3) is 5.91 Å². The van der Waals surface area contributed by atoms with E-state index in [0.717, 1.165) is 23.9 Å². The summed E-state index contributed by atoms with van der Waals surface area (Å²) < 4.78 is 7.25. The van der Waals surface area contributed by atoms with Crippen molar-refractivity contribution in [2.24, 2.45) is 5.73 Å². The predicted octanol–water partition coefficient (Wildman–Crippen LogP) is 4.24. The molecule has 2 heterocycles. The van der Waals surface area contributed by atoms with Crippen LogP contribution in [0.2, 0.25) is 0 Å². The molecular weight excluding hydrogens is 392 g/mol. The average Bonchev–Trinajstić information content (AvgIpc) is 3.17. The average molecular weight is 421 g/mol. The van der Waals surface area contributed by atoms with Crippen LogP contribution in [0, 0.1) is 0 Å². The summed E-state index contributed by atoms with van der Waals surface area (Å²) in [7, 11) is 0. The van der Waals surface area contributed by atoms with Gasteiger partial charge in [0.05, 0.1) is 11.3 Å². The normalized spacial score (nSPS) is 15.3. The SMILES string of the molecule is CC(C)(C)OC(=O)N1CCC(c2ccc(-n3cc4cccc(C(N)=O)c4n3)cc2)CC1. The summed E-state index contributed by atoms with van der Waals surface area (Å²) >= 11 is 0. The van der Waals surface area contributed by atoms with Gasteiger partial charge in [-0.2, -0.15) is 5.10 Å². The molecule has 31 heavy (non-hydrogen) atoms. The van der Waals surface area contributed by atoms with Crippen molar-refractivity contribution in [3.63, 3.8) is 0 Å². The lowest BCUT2D eigenvalue weighted by atomic mass is 9.89. The number of benzene rings is 2. The maximum Gasteiger partial charge on any atom is 0.410 e. The molecule has 2 N–H and O–H groups in total. The van der Waals surface area contributed by atoms with Gasteiger partial charge in [-0.05, 0) is 63.3 Å². The number of carbonyl (C=O) groups excluding carboxylic acids is 2. The molecule has 0 unspecified atom stereocenters. The highest BCUT2D eigenvalue weighted by atomic mass is 16.6. The van der Waals surface area contributed by atoms with Crippen LogP contribution in [0.4, 0.5) is 4.79 Å². The van der Waals surface area contributed by atoms with Gasteiger partial charge >= 0.3 is 6.09 Å². The topological polar surface area (TPSA) is 90.5 Å². The first-order valence-corrected chi connectivity index (χ1v) is 10.6. The van der Waals surface area contributed by atoms with Gasteiger partial charge in [-0.25, -0.2) is 9.48 Å². The zero-order valence-corrected chi connectivity index (χ0v) is 18.2. The summed E-state index contributed by atoms with van der Waals surface area (Å²) in [4.78, 5) is 25.7. The minimum atomic E-state index is -0.482. The van der Waals surface area contributed by atoms with Crippen molar-refractivity contribution in [2.75, 3.05) is 13.1 Å². The van der Waals surface area contributed by atoms with Crippen molar-refractivity contribution in [2.45, 2.75) is 45.1 Å². The fourth-order valence-corrected chi connectivity index (χ4v) is 4.00. The number of aromatic nitrogens is 2. The highest BCUT2D eigenvalue weighted by molar-refractivity contribution is 6.04. The molecule has 0 aliphatic carbocycles. The van der Waals surface area contributed by atoms with E-state index in [2.05, 4.69) is 17.2 Å². The standard InChI is InChI=1S/C24H28N4O3/c1-24(2,3)31-23(30)27-13-11-17(12-14-27)16-7-9-19(10-8-16)28-15-18-5-4-6-20(22(25)29)21(18)26-28/h4-10,15,17H,11-14H2,1-3H3,(H2,25,29). The Balaban J connectivity index is 1.45. The quantitative estimate of drug-likeness (QED) is 0.686. The zero-order chi connectivity index (χ0) is 22.2. The molecule has 1 aliphatic heterocycles. The smallest absolute Gasteiger partial charge is 0.410 e. The van der Waals surface area contributed by atoms with Gasteiger partial charge in [-0.3, -0.25) is 4.79 Å². The van der Waals surface area contributed by atoms with Crippen LogP contribution in [0.15, 0.2) is 48.7 Å². The highest BCUT2D eigenvalue weighted by Gasteiger charge is 2.27. The van der Waals surface area contributed by atoms with E-state index < -0.39 is 11.5 Å². The molecule has 1 saturated heterocycles. The molecule has 1 aliphatic rings. The lowest BCUT2D eigenvalue weighted by molar-refractivity contribution is 0.0204.